The molecule has 5 rings (SSSR count). The van der Waals surface area contributed by atoms with Gasteiger partial charge in [-0.05, 0) is 29.5 Å². The van der Waals surface area contributed by atoms with Gasteiger partial charge >= 0.3 is 0 Å². The van der Waals surface area contributed by atoms with E-state index < -0.39 is 0 Å². The van der Waals surface area contributed by atoms with Gasteiger partial charge in [0.2, 0.25) is 0 Å². The molecule has 0 saturated carbocycles. The molecule has 4 nitrogen and oxygen atoms in total. The minimum atomic E-state index is 0.0429. The molecule has 0 spiro atoms. The minimum Gasteiger partial charge on any atom is -0.306 e. The third-order valence-corrected chi connectivity index (χ3v) is 6.07. The smallest absolute Gasteiger partial charge is 0.276 e. The predicted octanol–water partition coefficient (Wildman–Crippen LogP) is 4.33. The van der Waals surface area contributed by atoms with Gasteiger partial charge in [0.25, 0.3) is 5.91 Å². The normalized spacial score (nSPS) is 13.6. The van der Waals surface area contributed by atoms with Crippen molar-refractivity contribution in [2.24, 2.45) is 0 Å². The van der Waals surface area contributed by atoms with Crippen LogP contribution in [0.15, 0.2) is 53.4 Å². The maximum Gasteiger partial charge on any atom is 0.276 e. The quantitative estimate of drug-likeness (QED) is 0.539. The van der Waals surface area contributed by atoms with Crippen LogP contribution in [0.1, 0.15) is 16.1 Å². The second kappa shape index (κ2) is 5.29. The molecule has 4 aromatic rings. The van der Waals surface area contributed by atoms with E-state index in [4.69, 9.17) is 0 Å². The summed E-state index contributed by atoms with van der Waals surface area (Å²) in [6.45, 7) is 0.738. The molecule has 1 amide bonds. The van der Waals surface area contributed by atoms with Crippen molar-refractivity contribution in [2.45, 2.75) is 6.42 Å². The fourth-order valence-corrected chi connectivity index (χ4v) is 4.70. The van der Waals surface area contributed by atoms with E-state index in [1.165, 1.54) is 16.9 Å². The molecule has 118 valence electrons. The Labute approximate surface area is 146 Å². The fourth-order valence-electron chi connectivity index (χ4n) is 3.17. The second-order valence-electron chi connectivity index (χ2n) is 5.71. The third kappa shape index (κ3) is 2.03. The molecule has 0 fully saturated rings. The van der Waals surface area contributed by atoms with E-state index >= 15 is 0 Å². The number of aromatic nitrogens is 2. The lowest BCUT2D eigenvalue weighted by molar-refractivity contribution is 0.0984. The molecule has 0 N–H and O–H groups in total. The van der Waals surface area contributed by atoms with Crippen molar-refractivity contribution in [3.05, 3.63) is 64.6 Å². The van der Waals surface area contributed by atoms with Crippen molar-refractivity contribution >= 4 is 39.2 Å². The summed E-state index contributed by atoms with van der Waals surface area (Å²) in [7, 11) is 0. The number of carbonyl (C=O) groups excluding carboxylic acids is 1. The lowest BCUT2D eigenvalue weighted by Gasteiger charge is -2.16. The molecule has 4 heterocycles. The van der Waals surface area contributed by atoms with Crippen molar-refractivity contribution in [3.63, 3.8) is 0 Å². The zero-order valence-corrected chi connectivity index (χ0v) is 14.3. The Bertz CT molecular complexity index is 1050. The molecule has 0 unspecified atom stereocenters. The number of benzene rings is 1. The highest BCUT2D eigenvalue weighted by atomic mass is 32.1. The molecule has 6 heteroatoms. The average Bonchev–Trinajstić information content (AvgIpc) is 3.35. The molecular formula is C18H13N3OS2. The second-order valence-corrected chi connectivity index (χ2v) is 7.50. The number of imidazole rings is 1. The van der Waals surface area contributed by atoms with E-state index in [-0.39, 0.29) is 5.91 Å². The van der Waals surface area contributed by atoms with Gasteiger partial charge in [-0.2, -0.15) is 0 Å². The number of carbonyl (C=O) groups is 1. The SMILES string of the molecule is O=C(c1csc2nc(-c3cccs3)cn12)N1CCc2ccccc21. The Hall–Kier alpha value is -2.44. The molecule has 1 aliphatic heterocycles. The first kappa shape index (κ1) is 13.9. The number of hydrogen-bond donors (Lipinski definition) is 0. The van der Waals surface area contributed by atoms with E-state index in [1.807, 2.05) is 50.5 Å². The number of anilines is 1. The number of thiophene rings is 1. The van der Waals surface area contributed by atoms with Crippen LogP contribution in [0.4, 0.5) is 5.69 Å². The van der Waals surface area contributed by atoms with Crippen LogP contribution in [0.5, 0.6) is 0 Å². The van der Waals surface area contributed by atoms with Crippen molar-refractivity contribution in [2.75, 3.05) is 11.4 Å². The number of fused-ring (bicyclic) bond motifs is 2. The lowest BCUT2D eigenvalue weighted by atomic mass is 10.2. The summed E-state index contributed by atoms with van der Waals surface area (Å²) >= 11 is 3.17. The topological polar surface area (TPSA) is 37.6 Å². The van der Waals surface area contributed by atoms with Crippen LogP contribution >= 0.6 is 22.7 Å². The largest absolute Gasteiger partial charge is 0.306 e. The molecule has 0 radical (unpaired) electrons. The maximum absolute atomic E-state index is 13.1. The maximum atomic E-state index is 13.1. The number of nitrogens with zero attached hydrogens (tertiary/aromatic N) is 3. The summed E-state index contributed by atoms with van der Waals surface area (Å²) in [5, 5.41) is 3.94. The van der Waals surface area contributed by atoms with Gasteiger partial charge in [0.15, 0.2) is 4.96 Å². The van der Waals surface area contributed by atoms with Gasteiger partial charge in [0.1, 0.15) is 11.4 Å². The van der Waals surface area contributed by atoms with Gasteiger partial charge in [-0.1, -0.05) is 24.3 Å². The number of amides is 1. The van der Waals surface area contributed by atoms with Crippen molar-refractivity contribution in [3.8, 4) is 10.6 Å². The van der Waals surface area contributed by atoms with Crippen LogP contribution in [0.3, 0.4) is 0 Å². The van der Waals surface area contributed by atoms with Crippen molar-refractivity contribution in [1.29, 1.82) is 0 Å². The zero-order valence-electron chi connectivity index (χ0n) is 12.7. The predicted molar refractivity (Wildman–Crippen MR) is 98.2 cm³/mol. The first-order valence-electron chi connectivity index (χ1n) is 7.71. The highest BCUT2D eigenvalue weighted by Crippen LogP contribution is 2.31. The minimum absolute atomic E-state index is 0.0429. The first-order valence-corrected chi connectivity index (χ1v) is 9.47. The molecule has 3 aromatic heterocycles. The Kier molecular flexibility index (Phi) is 3.08. The molecule has 1 aromatic carbocycles. The summed E-state index contributed by atoms with van der Waals surface area (Å²) in [4.78, 5) is 21.6. The monoisotopic (exact) mass is 351 g/mol. The third-order valence-electron chi connectivity index (χ3n) is 4.33. The molecular weight excluding hydrogens is 338 g/mol. The standard InChI is InChI=1S/C18H13N3OS2/c22-17(20-8-7-12-4-1-2-5-14(12)20)15-11-24-18-19-13(10-21(15)18)16-6-3-9-23-16/h1-6,9-11H,7-8H2. The molecule has 0 aliphatic carbocycles. The molecule has 0 atom stereocenters. The van der Waals surface area contributed by atoms with Crippen LogP contribution in [0, 0.1) is 0 Å². The van der Waals surface area contributed by atoms with Gasteiger partial charge in [-0.3, -0.25) is 9.20 Å². The fraction of sp³-hybridized carbons (Fsp3) is 0.111. The van der Waals surface area contributed by atoms with Gasteiger partial charge in [-0.25, -0.2) is 4.98 Å². The summed E-state index contributed by atoms with van der Waals surface area (Å²) in [5.41, 5.74) is 3.87. The van der Waals surface area contributed by atoms with Crippen LogP contribution in [0.2, 0.25) is 0 Å². The number of rotatable bonds is 2. The Morgan fingerprint density at radius 3 is 2.92 bits per heavy atom. The average molecular weight is 351 g/mol. The summed E-state index contributed by atoms with van der Waals surface area (Å²) in [6, 6.07) is 12.2. The molecule has 0 saturated heterocycles. The Balaban J connectivity index is 1.56. The highest BCUT2D eigenvalue weighted by molar-refractivity contribution is 7.15. The molecule has 1 aliphatic rings. The van der Waals surface area contributed by atoms with Gasteiger partial charge < -0.3 is 4.90 Å². The van der Waals surface area contributed by atoms with Gasteiger partial charge in [-0.15, -0.1) is 22.7 Å². The van der Waals surface area contributed by atoms with Gasteiger partial charge in [0.05, 0.1) is 4.88 Å². The highest BCUT2D eigenvalue weighted by Gasteiger charge is 2.27. The first-order chi connectivity index (χ1) is 11.8. The summed E-state index contributed by atoms with van der Waals surface area (Å²) in [5.74, 6) is 0.0429. The summed E-state index contributed by atoms with van der Waals surface area (Å²) in [6.07, 6.45) is 2.88. The lowest BCUT2D eigenvalue weighted by Crippen LogP contribution is -2.29. The van der Waals surface area contributed by atoms with Crippen LogP contribution in [0.25, 0.3) is 15.5 Å². The van der Waals surface area contributed by atoms with E-state index in [0.717, 1.165) is 34.2 Å². The van der Waals surface area contributed by atoms with Crippen LogP contribution in [-0.2, 0) is 6.42 Å². The Morgan fingerprint density at radius 1 is 1.12 bits per heavy atom. The van der Waals surface area contributed by atoms with E-state index in [9.17, 15) is 4.79 Å². The van der Waals surface area contributed by atoms with Crippen LogP contribution in [-0.4, -0.2) is 21.8 Å². The van der Waals surface area contributed by atoms with Crippen molar-refractivity contribution < 1.29 is 4.79 Å². The van der Waals surface area contributed by atoms with Crippen molar-refractivity contribution in [1.82, 2.24) is 9.38 Å². The summed E-state index contributed by atoms with van der Waals surface area (Å²) < 4.78 is 1.92. The van der Waals surface area contributed by atoms with Crippen LogP contribution < -0.4 is 4.90 Å². The number of para-hydroxylation sites is 1. The number of hydrogen-bond acceptors (Lipinski definition) is 4. The molecule has 0 bridgehead atoms. The zero-order chi connectivity index (χ0) is 16.1. The van der Waals surface area contributed by atoms with E-state index in [1.54, 1.807) is 11.3 Å². The molecule has 24 heavy (non-hydrogen) atoms. The van der Waals surface area contributed by atoms with E-state index in [0.29, 0.717) is 5.69 Å². The number of thiazole rings is 1. The van der Waals surface area contributed by atoms with E-state index in [2.05, 4.69) is 17.1 Å². The van der Waals surface area contributed by atoms with Gasteiger partial charge in [0, 0.05) is 23.8 Å². The Morgan fingerprint density at radius 2 is 2.04 bits per heavy atom.